The van der Waals surface area contributed by atoms with Crippen molar-refractivity contribution in [1.82, 2.24) is 25.1 Å². The number of hydrogen-bond acceptors (Lipinski definition) is 8. The molecule has 1 saturated heterocycles. The Hall–Kier alpha value is -4.32. The highest BCUT2D eigenvalue weighted by Gasteiger charge is 2.35. The van der Waals surface area contributed by atoms with Gasteiger partial charge in [-0.15, -0.1) is 0 Å². The number of para-hydroxylation sites is 1. The fourth-order valence-electron chi connectivity index (χ4n) is 4.39. The van der Waals surface area contributed by atoms with Gasteiger partial charge in [0.05, 0.1) is 12.8 Å². The van der Waals surface area contributed by atoms with E-state index in [1.54, 1.807) is 24.3 Å². The molecule has 43 heavy (non-hydrogen) atoms. The fourth-order valence-corrected chi connectivity index (χ4v) is 5.12. The van der Waals surface area contributed by atoms with Crippen molar-refractivity contribution in [3.8, 4) is 11.4 Å². The molecule has 228 valence electrons. The number of anilines is 2. The largest absolute Gasteiger partial charge is 0.449 e. The summed E-state index contributed by atoms with van der Waals surface area (Å²) in [5, 5.41) is 5.61. The van der Waals surface area contributed by atoms with Crippen LogP contribution in [0.1, 0.15) is 30.3 Å². The minimum atomic E-state index is -4.72. The zero-order chi connectivity index (χ0) is 30.8. The van der Waals surface area contributed by atoms with E-state index in [0.29, 0.717) is 18.0 Å². The third-order valence-corrected chi connectivity index (χ3v) is 7.47. The Labute approximate surface area is 249 Å². The molecule has 1 aliphatic heterocycles. The molecular formula is C29H35N6O7P. The molecule has 0 bridgehead atoms. The molecule has 2 heterocycles. The van der Waals surface area contributed by atoms with Gasteiger partial charge in [-0.25, -0.2) is 14.8 Å². The lowest BCUT2D eigenvalue weighted by atomic mass is 10.2. The molecule has 1 atom stereocenters. The van der Waals surface area contributed by atoms with Crippen molar-refractivity contribution in [3.05, 3.63) is 72.4 Å². The molecule has 0 aliphatic carbocycles. The van der Waals surface area contributed by atoms with Gasteiger partial charge in [-0.1, -0.05) is 61.9 Å². The molecule has 3 amide bonds. The number of amides is 3. The summed E-state index contributed by atoms with van der Waals surface area (Å²) in [6.07, 6.45) is 0.258. The summed E-state index contributed by atoms with van der Waals surface area (Å²) in [6, 6.07) is 18.0. The summed E-state index contributed by atoms with van der Waals surface area (Å²) >= 11 is 0. The van der Waals surface area contributed by atoms with Crippen LogP contribution in [0.5, 0.6) is 0 Å². The van der Waals surface area contributed by atoms with Gasteiger partial charge in [0, 0.05) is 43.5 Å². The number of ether oxygens (including phenoxy) is 1. The van der Waals surface area contributed by atoms with E-state index in [9.17, 15) is 28.7 Å². The van der Waals surface area contributed by atoms with Gasteiger partial charge in [-0.3, -0.25) is 14.2 Å². The number of hydrogen-bond donors (Lipinski definition) is 4. The summed E-state index contributed by atoms with van der Waals surface area (Å²) in [5.41, 5.74) is 1.26. The fraction of sp³-hybridized carbons (Fsp3) is 0.345. The number of piperazine rings is 1. The van der Waals surface area contributed by atoms with E-state index in [1.807, 2.05) is 43.3 Å². The first-order chi connectivity index (χ1) is 20.6. The summed E-state index contributed by atoms with van der Waals surface area (Å²) in [4.78, 5) is 70.3. The van der Waals surface area contributed by atoms with Crippen LogP contribution >= 0.6 is 7.60 Å². The smallest absolute Gasteiger partial charge is 0.409 e. The first-order valence-corrected chi connectivity index (χ1v) is 15.7. The molecule has 3 aromatic rings. The molecule has 1 aliphatic rings. The molecule has 13 nitrogen and oxygen atoms in total. The van der Waals surface area contributed by atoms with Crippen molar-refractivity contribution < 1.29 is 33.5 Å². The van der Waals surface area contributed by atoms with Crippen molar-refractivity contribution >= 4 is 37.0 Å². The van der Waals surface area contributed by atoms with Gasteiger partial charge in [0.2, 0.25) is 5.91 Å². The predicted octanol–water partition coefficient (Wildman–Crippen LogP) is 3.24. The van der Waals surface area contributed by atoms with Gasteiger partial charge >= 0.3 is 13.7 Å². The summed E-state index contributed by atoms with van der Waals surface area (Å²) in [7, 11) is -4.72. The highest BCUT2D eigenvalue weighted by molar-refractivity contribution is 7.51. The lowest BCUT2D eigenvalue weighted by Crippen LogP contribution is -2.56. The maximum atomic E-state index is 13.5. The lowest BCUT2D eigenvalue weighted by Gasteiger charge is -2.36. The van der Waals surface area contributed by atoms with Gasteiger partial charge in [0.25, 0.3) is 5.91 Å². The van der Waals surface area contributed by atoms with E-state index in [4.69, 9.17) is 4.74 Å². The molecule has 1 aromatic heterocycles. The number of carbonyl (C=O) groups excluding carboxylic acids is 3. The van der Waals surface area contributed by atoms with Crippen molar-refractivity contribution in [1.29, 1.82) is 0 Å². The average Bonchev–Trinajstić information content (AvgIpc) is 3.00. The molecular weight excluding hydrogens is 575 g/mol. The lowest BCUT2D eigenvalue weighted by molar-refractivity contribution is -0.134. The van der Waals surface area contributed by atoms with Crippen LogP contribution in [0.3, 0.4) is 0 Å². The Balaban J connectivity index is 1.52. The van der Waals surface area contributed by atoms with Gasteiger partial charge in [-0.05, 0) is 18.6 Å². The van der Waals surface area contributed by atoms with Crippen LogP contribution in [0.15, 0.2) is 66.7 Å². The molecule has 14 heteroatoms. The van der Waals surface area contributed by atoms with E-state index in [0.717, 1.165) is 18.5 Å². The van der Waals surface area contributed by atoms with E-state index in [1.165, 1.54) is 15.9 Å². The van der Waals surface area contributed by atoms with Crippen LogP contribution in [0.2, 0.25) is 0 Å². The van der Waals surface area contributed by atoms with E-state index in [-0.39, 0.29) is 37.7 Å². The van der Waals surface area contributed by atoms with Crippen molar-refractivity contribution in [2.45, 2.75) is 25.8 Å². The first kappa shape index (κ1) is 31.6. The Kier molecular flexibility index (Phi) is 10.8. The zero-order valence-corrected chi connectivity index (χ0v) is 24.7. The van der Waals surface area contributed by atoms with Crippen molar-refractivity contribution in [2.24, 2.45) is 0 Å². The van der Waals surface area contributed by atoms with Crippen molar-refractivity contribution in [2.75, 3.05) is 44.3 Å². The highest BCUT2D eigenvalue weighted by Crippen LogP contribution is 2.35. The second-order valence-electron chi connectivity index (χ2n) is 9.97. The third-order valence-electron chi connectivity index (χ3n) is 6.63. The maximum Gasteiger partial charge on any atom is 0.409 e. The van der Waals surface area contributed by atoms with Crippen LogP contribution in [0.25, 0.3) is 11.4 Å². The minimum Gasteiger partial charge on any atom is -0.449 e. The van der Waals surface area contributed by atoms with E-state index >= 15 is 0 Å². The van der Waals surface area contributed by atoms with Crippen LogP contribution in [0, 0.1) is 0 Å². The van der Waals surface area contributed by atoms with Gasteiger partial charge in [-0.2, -0.15) is 0 Å². The maximum absolute atomic E-state index is 13.5. The van der Waals surface area contributed by atoms with Crippen LogP contribution in [-0.4, -0.2) is 92.5 Å². The monoisotopic (exact) mass is 610 g/mol. The highest BCUT2D eigenvalue weighted by atomic mass is 31.2. The standard InChI is InChI=1S/C29H35N6O7P/c1-2-3-18-42-29(38)35-16-14-34(15-17-35)28(37)24(20-43(39,40)41)32-27(36)23-19-25(30-22-12-8-5-9-13-22)33-26(31-23)21-10-6-4-7-11-21/h4-13,19,24H,2-3,14-18,20H2,1H3,(H,32,36)(H,30,31,33)(H2,39,40,41)/t24-/m0/s1. The summed E-state index contributed by atoms with van der Waals surface area (Å²) in [5.74, 6) is -0.923. The molecule has 0 radical (unpaired) electrons. The van der Waals surface area contributed by atoms with Crippen molar-refractivity contribution in [3.63, 3.8) is 0 Å². The minimum absolute atomic E-state index is 0.101. The topological polar surface area (TPSA) is 174 Å². The molecule has 0 saturated carbocycles. The average molecular weight is 611 g/mol. The van der Waals surface area contributed by atoms with Gasteiger partial charge < -0.3 is 35.0 Å². The molecule has 4 rings (SSSR count). The molecule has 4 N–H and O–H groups in total. The molecule has 0 unspecified atom stereocenters. The quantitative estimate of drug-likeness (QED) is 0.186. The van der Waals surface area contributed by atoms with Crippen LogP contribution in [0.4, 0.5) is 16.3 Å². The first-order valence-electron chi connectivity index (χ1n) is 14.0. The summed E-state index contributed by atoms with van der Waals surface area (Å²) < 4.78 is 17.2. The second kappa shape index (κ2) is 14.7. The number of nitrogens with zero attached hydrogens (tertiary/aromatic N) is 4. The van der Waals surface area contributed by atoms with Crippen LogP contribution in [-0.2, 0) is 14.1 Å². The van der Waals surface area contributed by atoms with Crippen LogP contribution < -0.4 is 10.6 Å². The van der Waals surface area contributed by atoms with E-state index < -0.39 is 37.7 Å². The Morgan fingerprint density at radius 2 is 1.58 bits per heavy atom. The third kappa shape index (κ3) is 9.34. The molecule has 1 fully saturated rings. The number of nitrogens with one attached hydrogen (secondary N) is 2. The molecule has 0 spiro atoms. The zero-order valence-electron chi connectivity index (χ0n) is 23.8. The van der Waals surface area contributed by atoms with E-state index in [2.05, 4.69) is 20.6 Å². The van der Waals surface area contributed by atoms with Gasteiger partial charge in [0.15, 0.2) is 5.82 Å². The summed E-state index contributed by atoms with van der Waals surface area (Å²) in [6.45, 7) is 2.90. The molecule has 2 aromatic carbocycles. The Bertz CT molecular complexity index is 1450. The second-order valence-corrected chi connectivity index (χ2v) is 11.7. The normalized spacial score (nSPS) is 14.1. The Morgan fingerprint density at radius 3 is 2.21 bits per heavy atom. The number of rotatable bonds is 11. The SMILES string of the molecule is CCCCOC(=O)N1CCN(C(=O)[C@H](CP(=O)(O)O)NC(=O)c2cc(Nc3ccccc3)nc(-c3ccccc3)n2)CC1. The number of aromatic nitrogens is 2. The van der Waals surface area contributed by atoms with Gasteiger partial charge in [0.1, 0.15) is 17.6 Å². The number of benzene rings is 2. The Morgan fingerprint density at radius 1 is 0.953 bits per heavy atom. The predicted molar refractivity (Wildman–Crippen MR) is 160 cm³/mol. The number of unbranched alkanes of at least 4 members (excludes halogenated alkanes) is 1. The number of carbonyl (C=O) groups is 3.